The lowest BCUT2D eigenvalue weighted by Crippen LogP contribution is -2.47. The predicted molar refractivity (Wildman–Crippen MR) is 162 cm³/mol. The van der Waals surface area contributed by atoms with Gasteiger partial charge in [0.25, 0.3) is 0 Å². The number of fused-ring (bicyclic) bond motifs is 1. The van der Waals surface area contributed by atoms with E-state index >= 15 is 0 Å². The fourth-order valence-corrected chi connectivity index (χ4v) is 5.35. The van der Waals surface area contributed by atoms with Gasteiger partial charge in [0.05, 0.1) is 23.7 Å². The van der Waals surface area contributed by atoms with Crippen LogP contribution in [0.1, 0.15) is 24.1 Å². The van der Waals surface area contributed by atoms with E-state index in [0.29, 0.717) is 12.5 Å². The summed E-state index contributed by atoms with van der Waals surface area (Å²) < 4.78 is 0. The predicted octanol–water partition coefficient (Wildman–Crippen LogP) is 6.36. The average Bonchev–Trinajstić information content (AvgIpc) is 3.01. The Labute approximate surface area is 235 Å². The molecule has 0 spiro atoms. The van der Waals surface area contributed by atoms with Crippen LogP contribution in [-0.4, -0.2) is 47.0 Å². The summed E-state index contributed by atoms with van der Waals surface area (Å²) in [6.07, 6.45) is 2.25. The third-order valence-electron chi connectivity index (χ3n) is 7.71. The first-order chi connectivity index (χ1) is 19.6. The van der Waals surface area contributed by atoms with Crippen molar-refractivity contribution in [3.63, 3.8) is 0 Å². The van der Waals surface area contributed by atoms with Crippen LogP contribution in [0.4, 0.5) is 11.5 Å². The zero-order chi connectivity index (χ0) is 27.3. The van der Waals surface area contributed by atoms with Crippen molar-refractivity contribution < 1.29 is 4.79 Å². The molecule has 0 bridgehead atoms. The second-order valence-corrected chi connectivity index (χ2v) is 10.3. The van der Waals surface area contributed by atoms with Gasteiger partial charge in [0, 0.05) is 37.9 Å². The van der Waals surface area contributed by atoms with Crippen molar-refractivity contribution in [2.24, 2.45) is 0 Å². The Morgan fingerprint density at radius 1 is 0.800 bits per heavy atom. The Hall–Kier alpha value is -4.55. The zero-order valence-corrected chi connectivity index (χ0v) is 22.7. The Bertz CT molecular complexity index is 1580. The summed E-state index contributed by atoms with van der Waals surface area (Å²) in [6, 6.07) is 35.0. The molecule has 0 radical (unpaired) electrons. The molecular formula is C34H33N5O. The zero-order valence-electron chi connectivity index (χ0n) is 22.7. The molecule has 1 aromatic heterocycles. The summed E-state index contributed by atoms with van der Waals surface area (Å²) in [5.41, 5.74) is 7.05. The highest BCUT2D eigenvalue weighted by atomic mass is 16.1. The van der Waals surface area contributed by atoms with Crippen molar-refractivity contribution in [3.05, 3.63) is 120 Å². The minimum Gasteiger partial charge on any atom is -0.353 e. The maximum atomic E-state index is 12.4. The molecule has 1 N–H and O–H groups in total. The van der Waals surface area contributed by atoms with Crippen molar-refractivity contribution in [1.82, 2.24) is 14.9 Å². The minimum atomic E-state index is -0.0252. The van der Waals surface area contributed by atoms with Gasteiger partial charge in [0.1, 0.15) is 5.82 Å². The summed E-state index contributed by atoms with van der Waals surface area (Å²) in [4.78, 5) is 27.0. The van der Waals surface area contributed by atoms with E-state index in [1.807, 2.05) is 66.9 Å². The molecule has 1 fully saturated rings. The average molecular weight is 528 g/mol. The number of aromatic nitrogens is 2. The number of nitrogens with zero attached hydrogens (tertiary/aromatic N) is 4. The van der Waals surface area contributed by atoms with Crippen LogP contribution in [-0.2, 0) is 11.2 Å². The van der Waals surface area contributed by atoms with Gasteiger partial charge in [-0.2, -0.15) is 0 Å². The number of amides is 1. The molecule has 6 nitrogen and oxygen atoms in total. The van der Waals surface area contributed by atoms with Gasteiger partial charge in [-0.25, -0.2) is 4.98 Å². The van der Waals surface area contributed by atoms with E-state index in [0.717, 1.165) is 65.4 Å². The molecule has 1 aliphatic heterocycles. The van der Waals surface area contributed by atoms with Crippen molar-refractivity contribution >= 4 is 28.4 Å². The number of piperazine rings is 1. The maximum Gasteiger partial charge on any atom is 0.228 e. The molecule has 40 heavy (non-hydrogen) atoms. The highest BCUT2D eigenvalue weighted by Gasteiger charge is 2.23. The summed E-state index contributed by atoms with van der Waals surface area (Å²) >= 11 is 0. The highest BCUT2D eigenvalue weighted by Crippen LogP contribution is 2.27. The third-order valence-corrected chi connectivity index (χ3v) is 7.71. The summed E-state index contributed by atoms with van der Waals surface area (Å²) in [5.74, 6) is 0.899. The van der Waals surface area contributed by atoms with Gasteiger partial charge in [-0.1, -0.05) is 78.9 Å². The fraction of sp³-hybridized carbons (Fsp3) is 0.206. The van der Waals surface area contributed by atoms with E-state index in [9.17, 15) is 4.79 Å². The molecule has 1 atom stereocenters. The first kappa shape index (κ1) is 25.7. The maximum absolute atomic E-state index is 12.4. The number of carbonyl (C=O) groups excluding carboxylic acids is 1. The van der Waals surface area contributed by atoms with E-state index in [2.05, 4.69) is 64.5 Å². The first-order valence-electron chi connectivity index (χ1n) is 13.9. The second-order valence-electron chi connectivity index (χ2n) is 10.3. The van der Waals surface area contributed by atoms with E-state index in [1.54, 1.807) is 0 Å². The summed E-state index contributed by atoms with van der Waals surface area (Å²) in [6.45, 7) is 6.12. The highest BCUT2D eigenvalue weighted by molar-refractivity contribution is 5.92. The number of rotatable bonds is 7. The summed E-state index contributed by atoms with van der Waals surface area (Å²) in [5, 5.41) is 2.99. The van der Waals surface area contributed by atoms with Gasteiger partial charge in [-0.3, -0.25) is 14.7 Å². The van der Waals surface area contributed by atoms with Gasteiger partial charge < -0.3 is 10.2 Å². The number of hydrogen-bond donors (Lipinski definition) is 1. The number of nitrogens with one attached hydrogen (secondary N) is 1. The third kappa shape index (κ3) is 5.87. The molecule has 1 saturated heterocycles. The second kappa shape index (κ2) is 11.7. The standard InChI is InChI=1S/C34H33N5O/c1-25(27-10-6-3-7-11-27)38-18-20-39(21-19-38)33-24-35-31-17-14-29(23-32(31)37-33)28-12-15-30(16-13-28)36-34(40)22-26-8-4-2-5-9-26/h2-17,23-25H,18-22H2,1H3,(H,36,40). The van der Waals surface area contributed by atoms with Gasteiger partial charge in [-0.05, 0) is 53.4 Å². The lowest BCUT2D eigenvalue weighted by Gasteiger charge is -2.38. The van der Waals surface area contributed by atoms with Crippen LogP contribution < -0.4 is 10.2 Å². The molecule has 1 aliphatic rings. The summed E-state index contributed by atoms with van der Waals surface area (Å²) in [7, 11) is 0. The Kier molecular flexibility index (Phi) is 7.51. The molecule has 4 aromatic carbocycles. The Morgan fingerprint density at radius 3 is 2.20 bits per heavy atom. The Balaban J connectivity index is 1.11. The van der Waals surface area contributed by atoms with Crippen LogP contribution in [0.5, 0.6) is 0 Å². The van der Waals surface area contributed by atoms with Crippen molar-refractivity contribution in [2.75, 3.05) is 36.4 Å². The topological polar surface area (TPSA) is 61.4 Å². The van der Waals surface area contributed by atoms with Gasteiger partial charge in [0.15, 0.2) is 0 Å². The normalized spacial score (nSPS) is 14.7. The van der Waals surface area contributed by atoms with E-state index in [-0.39, 0.29) is 5.91 Å². The van der Waals surface area contributed by atoms with Gasteiger partial charge in [-0.15, -0.1) is 0 Å². The molecule has 2 heterocycles. The molecule has 200 valence electrons. The van der Waals surface area contributed by atoms with Crippen molar-refractivity contribution in [1.29, 1.82) is 0 Å². The lowest BCUT2D eigenvalue weighted by molar-refractivity contribution is -0.115. The fourth-order valence-electron chi connectivity index (χ4n) is 5.35. The van der Waals surface area contributed by atoms with Crippen LogP contribution in [0.25, 0.3) is 22.2 Å². The van der Waals surface area contributed by atoms with Gasteiger partial charge >= 0.3 is 0 Å². The first-order valence-corrected chi connectivity index (χ1v) is 13.9. The number of benzene rings is 4. The smallest absolute Gasteiger partial charge is 0.228 e. The molecule has 0 saturated carbocycles. The molecule has 1 unspecified atom stereocenters. The van der Waals surface area contributed by atoms with E-state index < -0.39 is 0 Å². The van der Waals surface area contributed by atoms with Crippen LogP contribution in [0, 0.1) is 0 Å². The minimum absolute atomic E-state index is 0.0252. The van der Waals surface area contributed by atoms with Crippen molar-refractivity contribution in [2.45, 2.75) is 19.4 Å². The number of anilines is 2. The van der Waals surface area contributed by atoms with Crippen LogP contribution >= 0.6 is 0 Å². The SMILES string of the molecule is CC(c1ccccc1)N1CCN(c2cnc3ccc(-c4ccc(NC(=O)Cc5ccccc5)cc4)cc3n2)CC1. The quantitative estimate of drug-likeness (QED) is 0.267. The van der Waals surface area contributed by atoms with Crippen LogP contribution in [0.2, 0.25) is 0 Å². The van der Waals surface area contributed by atoms with E-state index in [4.69, 9.17) is 9.97 Å². The van der Waals surface area contributed by atoms with Crippen molar-refractivity contribution in [3.8, 4) is 11.1 Å². The molecule has 1 amide bonds. The van der Waals surface area contributed by atoms with Crippen LogP contribution in [0.15, 0.2) is 109 Å². The molecule has 6 heteroatoms. The monoisotopic (exact) mass is 527 g/mol. The van der Waals surface area contributed by atoms with Crippen LogP contribution in [0.3, 0.4) is 0 Å². The molecule has 5 aromatic rings. The Morgan fingerprint density at radius 2 is 1.48 bits per heavy atom. The lowest BCUT2D eigenvalue weighted by atomic mass is 10.0. The van der Waals surface area contributed by atoms with Gasteiger partial charge in [0.2, 0.25) is 5.91 Å². The number of hydrogen-bond acceptors (Lipinski definition) is 5. The largest absolute Gasteiger partial charge is 0.353 e. The molecule has 6 rings (SSSR count). The molecular weight excluding hydrogens is 494 g/mol. The van der Waals surface area contributed by atoms with E-state index in [1.165, 1.54) is 5.56 Å². The molecule has 0 aliphatic carbocycles. The number of carbonyl (C=O) groups is 1.